The Kier molecular flexibility index (Phi) is 4.71. The van der Waals surface area contributed by atoms with Crippen molar-refractivity contribution in [3.05, 3.63) is 72.1 Å². The molecule has 4 rings (SSSR count). The largest absolute Gasteiger partial charge is 0.330 e. The summed E-state index contributed by atoms with van der Waals surface area (Å²) in [5, 5.41) is 4.67. The van der Waals surface area contributed by atoms with Crippen molar-refractivity contribution in [1.29, 1.82) is 0 Å². The fourth-order valence-electron chi connectivity index (χ4n) is 3.75. The SMILES string of the molecule is Cn1cc(-c2ccncc2)c(C2CCCCN2C(=O)c2ccccc2F)n1. The number of piperidine rings is 1. The standard InChI is InChI=1S/C21H21FN4O/c1-25-14-17(15-9-11-23-12-10-15)20(24-25)19-8-4-5-13-26(19)21(27)16-6-2-3-7-18(16)22/h2-3,6-7,9-12,14,19H,4-5,8,13H2,1H3. The summed E-state index contributed by atoms with van der Waals surface area (Å²) >= 11 is 0. The van der Waals surface area contributed by atoms with Gasteiger partial charge in [0.2, 0.25) is 0 Å². The van der Waals surface area contributed by atoms with Gasteiger partial charge in [-0.1, -0.05) is 12.1 Å². The average molecular weight is 364 g/mol. The molecule has 1 aromatic carbocycles. The van der Waals surface area contributed by atoms with E-state index in [1.54, 1.807) is 40.2 Å². The number of benzene rings is 1. The molecule has 3 aromatic rings. The number of likely N-dealkylation sites (tertiary alicyclic amines) is 1. The van der Waals surface area contributed by atoms with Crippen molar-refractivity contribution in [3.8, 4) is 11.1 Å². The average Bonchev–Trinajstić information content (AvgIpc) is 3.10. The van der Waals surface area contributed by atoms with Crippen molar-refractivity contribution in [2.24, 2.45) is 7.05 Å². The first-order valence-corrected chi connectivity index (χ1v) is 9.14. The number of rotatable bonds is 3. The first-order chi connectivity index (χ1) is 13.1. The summed E-state index contributed by atoms with van der Waals surface area (Å²) in [5.74, 6) is -0.758. The Hall–Kier alpha value is -3.02. The van der Waals surface area contributed by atoms with E-state index in [9.17, 15) is 9.18 Å². The Morgan fingerprint density at radius 2 is 1.93 bits per heavy atom. The lowest BCUT2D eigenvalue weighted by Gasteiger charge is -2.35. The van der Waals surface area contributed by atoms with Crippen molar-refractivity contribution in [2.75, 3.05) is 6.54 Å². The zero-order chi connectivity index (χ0) is 18.8. The van der Waals surface area contributed by atoms with Crippen LogP contribution in [-0.4, -0.2) is 32.1 Å². The second-order valence-electron chi connectivity index (χ2n) is 6.83. The van der Waals surface area contributed by atoms with E-state index >= 15 is 0 Å². The number of aryl methyl sites for hydroxylation is 1. The number of hydrogen-bond donors (Lipinski definition) is 0. The number of halogens is 1. The van der Waals surface area contributed by atoms with E-state index in [1.807, 2.05) is 25.4 Å². The fraction of sp³-hybridized carbons (Fsp3) is 0.286. The van der Waals surface area contributed by atoms with Gasteiger partial charge < -0.3 is 4.90 Å². The molecule has 2 aromatic heterocycles. The number of hydrogen-bond acceptors (Lipinski definition) is 3. The zero-order valence-corrected chi connectivity index (χ0v) is 15.2. The number of pyridine rings is 1. The zero-order valence-electron chi connectivity index (χ0n) is 15.2. The molecule has 3 heterocycles. The molecule has 1 aliphatic heterocycles. The number of amides is 1. The molecule has 0 radical (unpaired) electrons. The first-order valence-electron chi connectivity index (χ1n) is 9.14. The van der Waals surface area contributed by atoms with Gasteiger partial charge in [0.15, 0.2) is 0 Å². The third-order valence-corrected chi connectivity index (χ3v) is 5.03. The third-order valence-electron chi connectivity index (χ3n) is 5.03. The van der Waals surface area contributed by atoms with E-state index in [0.717, 1.165) is 36.1 Å². The molecule has 1 saturated heterocycles. The molecule has 27 heavy (non-hydrogen) atoms. The van der Waals surface area contributed by atoms with Crippen LogP contribution < -0.4 is 0 Å². The van der Waals surface area contributed by atoms with Crippen LogP contribution in [0.15, 0.2) is 55.0 Å². The van der Waals surface area contributed by atoms with E-state index < -0.39 is 5.82 Å². The molecule has 0 bridgehead atoms. The summed E-state index contributed by atoms with van der Waals surface area (Å²) in [5.41, 5.74) is 2.97. The molecule has 0 spiro atoms. The summed E-state index contributed by atoms with van der Waals surface area (Å²) in [6, 6.07) is 9.87. The van der Waals surface area contributed by atoms with E-state index in [1.165, 1.54) is 6.07 Å². The Morgan fingerprint density at radius 3 is 2.70 bits per heavy atom. The molecule has 6 heteroatoms. The molecule has 138 valence electrons. The smallest absolute Gasteiger partial charge is 0.257 e. The van der Waals surface area contributed by atoms with E-state index in [-0.39, 0.29) is 17.5 Å². The van der Waals surface area contributed by atoms with E-state index in [4.69, 9.17) is 0 Å². The second kappa shape index (κ2) is 7.31. The normalized spacial score (nSPS) is 17.1. The third kappa shape index (κ3) is 3.35. The quantitative estimate of drug-likeness (QED) is 0.706. The van der Waals surface area contributed by atoms with Gasteiger partial charge in [0.1, 0.15) is 5.82 Å². The highest BCUT2D eigenvalue weighted by Gasteiger charge is 2.33. The Labute approximate surface area is 157 Å². The van der Waals surface area contributed by atoms with Gasteiger partial charge in [-0.15, -0.1) is 0 Å². The lowest BCUT2D eigenvalue weighted by Crippen LogP contribution is -2.39. The molecule has 1 unspecified atom stereocenters. The molecule has 0 N–H and O–H groups in total. The van der Waals surface area contributed by atoms with Gasteiger partial charge in [-0.2, -0.15) is 5.10 Å². The molecule has 1 atom stereocenters. The summed E-state index contributed by atoms with van der Waals surface area (Å²) in [4.78, 5) is 19.0. The highest BCUT2D eigenvalue weighted by molar-refractivity contribution is 5.95. The summed E-state index contributed by atoms with van der Waals surface area (Å²) < 4.78 is 16.0. The summed E-state index contributed by atoms with van der Waals surface area (Å²) in [6.45, 7) is 0.601. The number of carbonyl (C=O) groups excluding carboxylic acids is 1. The van der Waals surface area contributed by atoms with Crippen LogP contribution in [0, 0.1) is 5.82 Å². The first kappa shape index (κ1) is 17.4. The van der Waals surface area contributed by atoms with Crippen LogP contribution >= 0.6 is 0 Å². The minimum Gasteiger partial charge on any atom is -0.330 e. The molecular weight excluding hydrogens is 343 g/mol. The van der Waals surface area contributed by atoms with Gasteiger partial charge in [-0.25, -0.2) is 4.39 Å². The van der Waals surface area contributed by atoms with Crippen LogP contribution in [0.1, 0.15) is 41.4 Å². The monoisotopic (exact) mass is 364 g/mol. The predicted octanol–water partition coefficient (Wildman–Crippen LogP) is 3.99. The molecule has 1 amide bonds. The molecule has 1 fully saturated rings. The minimum atomic E-state index is -0.484. The van der Waals surface area contributed by atoms with E-state index in [2.05, 4.69) is 10.1 Å². The maximum atomic E-state index is 14.2. The highest BCUT2D eigenvalue weighted by atomic mass is 19.1. The molecule has 1 aliphatic rings. The number of nitrogens with zero attached hydrogens (tertiary/aromatic N) is 4. The fourth-order valence-corrected chi connectivity index (χ4v) is 3.75. The van der Waals surface area contributed by atoms with Crippen molar-refractivity contribution >= 4 is 5.91 Å². The van der Waals surface area contributed by atoms with Gasteiger partial charge in [0, 0.05) is 37.7 Å². The number of carbonyl (C=O) groups is 1. The maximum Gasteiger partial charge on any atom is 0.257 e. The van der Waals surface area contributed by atoms with Crippen LogP contribution in [0.5, 0.6) is 0 Å². The Balaban J connectivity index is 1.74. The van der Waals surface area contributed by atoms with Gasteiger partial charge in [-0.05, 0) is 49.1 Å². The topological polar surface area (TPSA) is 51.0 Å². The van der Waals surface area contributed by atoms with Gasteiger partial charge in [0.25, 0.3) is 5.91 Å². The van der Waals surface area contributed by atoms with Gasteiger partial charge >= 0.3 is 0 Å². The molecule has 0 saturated carbocycles. The highest BCUT2D eigenvalue weighted by Crippen LogP contribution is 2.36. The van der Waals surface area contributed by atoms with Crippen molar-refractivity contribution in [3.63, 3.8) is 0 Å². The van der Waals surface area contributed by atoms with Crippen molar-refractivity contribution in [1.82, 2.24) is 19.7 Å². The minimum absolute atomic E-state index is 0.116. The van der Waals surface area contributed by atoms with Gasteiger partial charge in [0.05, 0.1) is 17.3 Å². The van der Waals surface area contributed by atoms with Gasteiger partial charge in [-0.3, -0.25) is 14.5 Å². The number of aromatic nitrogens is 3. The molecule has 5 nitrogen and oxygen atoms in total. The van der Waals surface area contributed by atoms with Crippen LogP contribution in [-0.2, 0) is 7.05 Å². The second-order valence-corrected chi connectivity index (χ2v) is 6.83. The predicted molar refractivity (Wildman–Crippen MR) is 100 cm³/mol. The van der Waals surface area contributed by atoms with Crippen molar-refractivity contribution < 1.29 is 9.18 Å². The van der Waals surface area contributed by atoms with Crippen LogP contribution in [0.2, 0.25) is 0 Å². The Morgan fingerprint density at radius 1 is 1.15 bits per heavy atom. The van der Waals surface area contributed by atoms with Crippen LogP contribution in [0.25, 0.3) is 11.1 Å². The van der Waals surface area contributed by atoms with E-state index in [0.29, 0.717) is 6.54 Å². The van der Waals surface area contributed by atoms with Crippen LogP contribution in [0.3, 0.4) is 0 Å². The maximum absolute atomic E-state index is 14.2. The molecular formula is C21H21FN4O. The van der Waals surface area contributed by atoms with Crippen molar-refractivity contribution in [2.45, 2.75) is 25.3 Å². The summed E-state index contributed by atoms with van der Waals surface area (Å²) in [7, 11) is 1.88. The molecule has 0 aliphatic carbocycles. The summed E-state index contributed by atoms with van der Waals surface area (Å²) in [6.07, 6.45) is 8.19. The lowest BCUT2D eigenvalue weighted by molar-refractivity contribution is 0.0601. The van der Waals surface area contributed by atoms with Crippen LogP contribution in [0.4, 0.5) is 4.39 Å². The lowest BCUT2D eigenvalue weighted by atomic mass is 9.94. The Bertz CT molecular complexity index is 954.